The van der Waals surface area contributed by atoms with Crippen LogP contribution in [0.4, 0.5) is 15.8 Å². The quantitative estimate of drug-likeness (QED) is 0.850. The summed E-state index contributed by atoms with van der Waals surface area (Å²) in [7, 11) is 0. The molecule has 1 aliphatic heterocycles. The number of hydrogen-bond acceptors (Lipinski definition) is 3. The normalized spacial score (nSPS) is 13.4. The van der Waals surface area contributed by atoms with Gasteiger partial charge >= 0.3 is 0 Å². The van der Waals surface area contributed by atoms with Gasteiger partial charge in [0.1, 0.15) is 5.82 Å². The SMILES string of the molecule is Nc1cnccc1C(=O)N1CCc2ccc(F)cc21. The van der Waals surface area contributed by atoms with E-state index in [1.165, 1.54) is 24.5 Å². The van der Waals surface area contributed by atoms with Crippen molar-refractivity contribution in [3.05, 3.63) is 53.6 Å². The first kappa shape index (κ1) is 11.6. The third-order valence-electron chi connectivity index (χ3n) is 3.27. The summed E-state index contributed by atoms with van der Waals surface area (Å²) in [6, 6.07) is 6.09. The van der Waals surface area contributed by atoms with Gasteiger partial charge in [0.25, 0.3) is 5.91 Å². The number of carbonyl (C=O) groups excluding carboxylic acids is 1. The summed E-state index contributed by atoms with van der Waals surface area (Å²) in [6.45, 7) is 0.541. The van der Waals surface area contributed by atoms with Gasteiger partial charge in [-0.25, -0.2) is 4.39 Å². The number of aromatic nitrogens is 1. The van der Waals surface area contributed by atoms with E-state index in [1.807, 2.05) is 0 Å². The zero-order chi connectivity index (χ0) is 13.4. The van der Waals surface area contributed by atoms with Gasteiger partial charge in [0, 0.05) is 12.7 Å². The lowest BCUT2D eigenvalue weighted by Crippen LogP contribution is -2.29. The van der Waals surface area contributed by atoms with Gasteiger partial charge in [-0.15, -0.1) is 0 Å². The molecule has 19 heavy (non-hydrogen) atoms. The number of carbonyl (C=O) groups is 1. The highest BCUT2D eigenvalue weighted by Crippen LogP contribution is 2.30. The molecule has 0 bridgehead atoms. The van der Waals surface area contributed by atoms with Crippen molar-refractivity contribution in [3.63, 3.8) is 0 Å². The van der Waals surface area contributed by atoms with Gasteiger partial charge < -0.3 is 10.6 Å². The van der Waals surface area contributed by atoms with E-state index in [9.17, 15) is 9.18 Å². The minimum atomic E-state index is -0.346. The summed E-state index contributed by atoms with van der Waals surface area (Å²) in [4.78, 5) is 17.9. The summed E-state index contributed by atoms with van der Waals surface area (Å²) >= 11 is 0. The van der Waals surface area contributed by atoms with Crippen LogP contribution in [0.1, 0.15) is 15.9 Å². The van der Waals surface area contributed by atoms with E-state index in [4.69, 9.17) is 5.73 Å². The molecule has 3 rings (SSSR count). The highest BCUT2D eigenvalue weighted by molar-refractivity contribution is 6.10. The molecule has 1 amide bonds. The van der Waals surface area contributed by atoms with Crippen LogP contribution in [0.15, 0.2) is 36.7 Å². The van der Waals surface area contributed by atoms with Crippen molar-refractivity contribution in [2.24, 2.45) is 0 Å². The molecule has 0 atom stereocenters. The molecule has 2 aromatic rings. The van der Waals surface area contributed by atoms with Crippen LogP contribution >= 0.6 is 0 Å². The third kappa shape index (κ3) is 1.93. The highest BCUT2D eigenvalue weighted by Gasteiger charge is 2.26. The molecule has 1 aromatic heterocycles. The maximum atomic E-state index is 13.3. The predicted molar refractivity (Wildman–Crippen MR) is 70.4 cm³/mol. The Morgan fingerprint density at radius 3 is 3.00 bits per heavy atom. The Labute approximate surface area is 109 Å². The Morgan fingerprint density at radius 2 is 2.21 bits per heavy atom. The molecular formula is C14H12FN3O. The second-order valence-corrected chi connectivity index (χ2v) is 4.44. The number of nitrogens with two attached hydrogens (primary N) is 1. The maximum Gasteiger partial charge on any atom is 0.260 e. The number of pyridine rings is 1. The number of nitrogen functional groups attached to an aromatic ring is 1. The Hall–Kier alpha value is -2.43. The van der Waals surface area contributed by atoms with Crippen molar-refractivity contribution in [3.8, 4) is 0 Å². The molecule has 0 saturated carbocycles. The van der Waals surface area contributed by atoms with Crippen LogP contribution in [0, 0.1) is 5.82 Å². The zero-order valence-electron chi connectivity index (χ0n) is 10.1. The van der Waals surface area contributed by atoms with E-state index < -0.39 is 0 Å². The number of hydrogen-bond donors (Lipinski definition) is 1. The molecule has 0 aliphatic carbocycles. The lowest BCUT2D eigenvalue weighted by Gasteiger charge is -2.18. The molecule has 0 fully saturated rings. The summed E-state index contributed by atoms with van der Waals surface area (Å²) in [5, 5.41) is 0. The van der Waals surface area contributed by atoms with Crippen LogP contribution in [0.5, 0.6) is 0 Å². The molecule has 5 heteroatoms. The van der Waals surface area contributed by atoms with E-state index in [0.29, 0.717) is 23.5 Å². The van der Waals surface area contributed by atoms with E-state index in [2.05, 4.69) is 4.98 Å². The second kappa shape index (κ2) is 4.35. The minimum absolute atomic E-state index is 0.218. The van der Waals surface area contributed by atoms with Gasteiger partial charge in [0.05, 0.1) is 23.1 Å². The predicted octanol–water partition coefficient (Wildman–Crippen LogP) is 2.01. The van der Waals surface area contributed by atoms with Gasteiger partial charge in [-0.3, -0.25) is 9.78 Å². The van der Waals surface area contributed by atoms with Gasteiger partial charge in [-0.1, -0.05) is 6.07 Å². The molecular weight excluding hydrogens is 245 g/mol. The standard InChI is InChI=1S/C14H12FN3O/c15-10-2-1-9-4-6-18(13(9)7-10)14(19)11-3-5-17-8-12(11)16/h1-3,5,7-8H,4,6,16H2. The molecule has 0 spiro atoms. The summed E-state index contributed by atoms with van der Waals surface area (Å²) in [6.07, 6.45) is 3.69. The lowest BCUT2D eigenvalue weighted by atomic mass is 10.1. The average Bonchev–Trinajstić information content (AvgIpc) is 2.81. The molecule has 2 N–H and O–H groups in total. The fraction of sp³-hybridized carbons (Fsp3) is 0.143. The number of fused-ring (bicyclic) bond motifs is 1. The van der Waals surface area contributed by atoms with E-state index in [-0.39, 0.29) is 11.7 Å². The van der Waals surface area contributed by atoms with Crippen LogP contribution in [-0.4, -0.2) is 17.4 Å². The Balaban J connectivity index is 2.00. The van der Waals surface area contributed by atoms with Crippen molar-refractivity contribution >= 4 is 17.3 Å². The van der Waals surface area contributed by atoms with Crippen molar-refractivity contribution in [1.82, 2.24) is 4.98 Å². The number of anilines is 2. The molecule has 2 heterocycles. The number of rotatable bonds is 1. The van der Waals surface area contributed by atoms with Crippen LogP contribution in [-0.2, 0) is 6.42 Å². The summed E-state index contributed by atoms with van der Waals surface area (Å²) in [5.74, 6) is -0.564. The van der Waals surface area contributed by atoms with Crippen LogP contribution in [0.25, 0.3) is 0 Å². The van der Waals surface area contributed by atoms with Crippen LogP contribution < -0.4 is 10.6 Å². The van der Waals surface area contributed by atoms with Crippen molar-refractivity contribution in [2.45, 2.75) is 6.42 Å². The smallest absolute Gasteiger partial charge is 0.260 e. The zero-order valence-corrected chi connectivity index (χ0v) is 10.1. The molecule has 96 valence electrons. The molecule has 1 aliphatic rings. The number of nitrogens with zero attached hydrogens (tertiary/aromatic N) is 2. The monoisotopic (exact) mass is 257 g/mol. The Kier molecular flexibility index (Phi) is 2.67. The topological polar surface area (TPSA) is 59.2 Å². The summed E-state index contributed by atoms with van der Waals surface area (Å²) < 4.78 is 13.3. The number of benzene rings is 1. The van der Waals surface area contributed by atoms with Gasteiger partial charge in [0.15, 0.2) is 0 Å². The average molecular weight is 257 g/mol. The number of amides is 1. The molecule has 4 nitrogen and oxygen atoms in total. The van der Waals surface area contributed by atoms with Crippen molar-refractivity contribution < 1.29 is 9.18 Å². The van der Waals surface area contributed by atoms with Crippen LogP contribution in [0.2, 0.25) is 0 Å². The first-order valence-corrected chi connectivity index (χ1v) is 5.96. The van der Waals surface area contributed by atoms with E-state index in [0.717, 1.165) is 12.0 Å². The fourth-order valence-corrected chi connectivity index (χ4v) is 2.31. The molecule has 1 aromatic carbocycles. The molecule has 0 radical (unpaired) electrons. The first-order valence-electron chi connectivity index (χ1n) is 5.96. The fourth-order valence-electron chi connectivity index (χ4n) is 2.31. The van der Waals surface area contributed by atoms with Gasteiger partial charge in [-0.05, 0) is 30.2 Å². The van der Waals surface area contributed by atoms with E-state index >= 15 is 0 Å². The summed E-state index contributed by atoms with van der Waals surface area (Å²) in [5.41, 5.74) is 8.08. The maximum absolute atomic E-state index is 13.3. The Morgan fingerprint density at radius 1 is 1.37 bits per heavy atom. The lowest BCUT2D eigenvalue weighted by molar-refractivity contribution is 0.0990. The van der Waals surface area contributed by atoms with E-state index in [1.54, 1.807) is 17.0 Å². The molecule has 0 unspecified atom stereocenters. The minimum Gasteiger partial charge on any atom is -0.397 e. The third-order valence-corrected chi connectivity index (χ3v) is 3.27. The number of halogens is 1. The van der Waals surface area contributed by atoms with Crippen LogP contribution in [0.3, 0.4) is 0 Å². The Bertz CT molecular complexity index is 657. The second-order valence-electron chi connectivity index (χ2n) is 4.44. The van der Waals surface area contributed by atoms with Gasteiger partial charge in [-0.2, -0.15) is 0 Å². The largest absolute Gasteiger partial charge is 0.397 e. The molecule has 0 saturated heterocycles. The highest BCUT2D eigenvalue weighted by atomic mass is 19.1. The van der Waals surface area contributed by atoms with Gasteiger partial charge in [0.2, 0.25) is 0 Å². The van der Waals surface area contributed by atoms with Crippen molar-refractivity contribution in [1.29, 1.82) is 0 Å². The first-order chi connectivity index (χ1) is 9.16. The van der Waals surface area contributed by atoms with Crippen molar-refractivity contribution in [2.75, 3.05) is 17.2 Å².